The van der Waals surface area contributed by atoms with Gasteiger partial charge in [0.2, 0.25) is 10.0 Å². The van der Waals surface area contributed by atoms with E-state index >= 15 is 0 Å². The van der Waals surface area contributed by atoms with Gasteiger partial charge in [0.05, 0.1) is 11.8 Å². The summed E-state index contributed by atoms with van der Waals surface area (Å²) in [7, 11) is -3.21. The Morgan fingerprint density at radius 2 is 2.19 bits per heavy atom. The van der Waals surface area contributed by atoms with E-state index in [1.165, 1.54) is 0 Å². The van der Waals surface area contributed by atoms with E-state index < -0.39 is 10.0 Å². The van der Waals surface area contributed by atoms with Gasteiger partial charge in [0, 0.05) is 12.4 Å². The molecule has 0 spiro atoms. The standard InChI is InChI=1S/C9H16N4O2S/c14-16(15,8-1-3-10-4-2-8)13-7-9-11-5-6-12-9/h5-6,8,10,13H,1-4,7H2,(H,11,12). The lowest BCUT2D eigenvalue weighted by molar-refractivity contribution is 0.489. The average Bonchev–Trinajstić information content (AvgIpc) is 2.81. The van der Waals surface area contributed by atoms with Crippen molar-refractivity contribution in [2.45, 2.75) is 24.6 Å². The molecule has 6 nitrogen and oxygen atoms in total. The maximum atomic E-state index is 11.9. The summed E-state index contributed by atoms with van der Waals surface area (Å²) < 4.78 is 26.4. The first kappa shape index (κ1) is 11.6. The molecular weight excluding hydrogens is 228 g/mol. The maximum absolute atomic E-state index is 11.9. The molecule has 1 aliphatic heterocycles. The van der Waals surface area contributed by atoms with Gasteiger partial charge in [0.25, 0.3) is 0 Å². The molecule has 16 heavy (non-hydrogen) atoms. The average molecular weight is 244 g/mol. The zero-order chi connectivity index (χ0) is 11.4. The summed E-state index contributed by atoms with van der Waals surface area (Å²) in [6.07, 6.45) is 4.63. The molecular formula is C9H16N4O2S. The fourth-order valence-corrected chi connectivity index (χ4v) is 3.22. The van der Waals surface area contributed by atoms with Crippen molar-refractivity contribution in [3.8, 4) is 0 Å². The number of aromatic amines is 1. The molecule has 0 saturated carbocycles. The molecule has 90 valence electrons. The lowest BCUT2D eigenvalue weighted by Crippen LogP contribution is -2.41. The number of hydrogen-bond donors (Lipinski definition) is 3. The second kappa shape index (κ2) is 4.94. The van der Waals surface area contributed by atoms with Crippen molar-refractivity contribution >= 4 is 10.0 Å². The van der Waals surface area contributed by atoms with E-state index in [9.17, 15) is 8.42 Å². The molecule has 7 heteroatoms. The van der Waals surface area contributed by atoms with E-state index in [1.54, 1.807) is 12.4 Å². The molecule has 0 unspecified atom stereocenters. The van der Waals surface area contributed by atoms with Gasteiger partial charge < -0.3 is 10.3 Å². The summed E-state index contributed by atoms with van der Waals surface area (Å²) in [6.45, 7) is 1.78. The molecule has 1 aliphatic rings. The fourth-order valence-electron chi connectivity index (χ4n) is 1.79. The molecule has 0 bridgehead atoms. The number of hydrogen-bond acceptors (Lipinski definition) is 4. The summed E-state index contributed by atoms with van der Waals surface area (Å²) in [4.78, 5) is 6.83. The molecule has 1 saturated heterocycles. The highest BCUT2D eigenvalue weighted by Crippen LogP contribution is 2.12. The summed E-state index contributed by atoms with van der Waals surface area (Å²) in [6, 6.07) is 0. The number of rotatable bonds is 4. The largest absolute Gasteiger partial charge is 0.347 e. The van der Waals surface area contributed by atoms with Crippen molar-refractivity contribution in [2.75, 3.05) is 13.1 Å². The highest BCUT2D eigenvalue weighted by atomic mass is 32.2. The van der Waals surface area contributed by atoms with Gasteiger partial charge in [0.1, 0.15) is 5.82 Å². The van der Waals surface area contributed by atoms with Crippen LogP contribution in [0.25, 0.3) is 0 Å². The van der Waals surface area contributed by atoms with Crippen LogP contribution in [0.1, 0.15) is 18.7 Å². The number of aromatic nitrogens is 2. The van der Waals surface area contributed by atoms with Gasteiger partial charge in [-0.3, -0.25) is 0 Å². The van der Waals surface area contributed by atoms with Crippen LogP contribution in [0, 0.1) is 0 Å². The minimum Gasteiger partial charge on any atom is -0.347 e. The molecule has 0 amide bonds. The third kappa shape index (κ3) is 2.81. The smallest absolute Gasteiger partial charge is 0.214 e. The van der Waals surface area contributed by atoms with Gasteiger partial charge in [-0.2, -0.15) is 0 Å². The van der Waals surface area contributed by atoms with E-state index in [4.69, 9.17) is 0 Å². The Labute approximate surface area is 94.9 Å². The molecule has 0 aliphatic carbocycles. The van der Waals surface area contributed by atoms with Crippen LogP contribution < -0.4 is 10.0 Å². The van der Waals surface area contributed by atoms with Crippen LogP contribution in [0.4, 0.5) is 0 Å². The number of H-pyrrole nitrogens is 1. The molecule has 1 fully saturated rings. The Morgan fingerprint density at radius 1 is 1.44 bits per heavy atom. The van der Waals surface area contributed by atoms with Crippen LogP contribution in [-0.4, -0.2) is 36.7 Å². The number of imidazole rings is 1. The van der Waals surface area contributed by atoms with Crippen molar-refractivity contribution in [1.29, 1.82) is 0 Å². The minimum atomic E-state index is -3.21. The van der Waals surface area contributed by atoms with Crippen LogP contribution in [0.2, 0.25) is 0 Å². The van der Waals surface area contributed by atoms with E-state index in [-0.39, 0.29) is 11.8 Å². The third-order valence-electron chi connectivity index (χ3n) is 2.72. The Balaban J connectivity index is 1.91. The highest BCUT2D eigenvalue weighted by molar-refractivity contribution is 7.90. The second-order valence-corrected chi connectivity index (χ2v) is 5.90. The van der Waals surface area contributed by atoms with Crippen LogP contribution in [0.15, 0.2) is 12.4 Å². The van der Waals surface area contributed by atoms with E-state index in [2.05, 4.69) is 20.0 Å². The van der Waals surface area contributed by atoms with Crippen molar-refractivity contribution in [2.24, 2.45) is 0 Å². The quantitative estimate of drug-likeness (QED) is 0.671. The summed E-state index contributed by atoms with van der Waals surface area (Å²) >= 11 is 0. The SMILES string of the molecule is O=S(=O)(NCc1ncc[nH]1)C1CCNCC1. The summed E-state index contributed by atoms with van der Waals surface area (Å²) in [5.41, 5.74) is 0. The van der Waals surface area contributed by atoms with E-state index in [1.807, 2.05) is 0 Å². The second-order valence-electron chi connectivity index (χ2n) is 3.85. The lowest BCUT2D eigenvalue weighted by atomic mass is 10.2. The topological polar surface area (TPSA) is 86.9 Å². The normalized spacial score (nSPS) is 18.8. The number of nitrogens with zero attached hydrogens (tertiary/aromatic N) is 1. The van der Waals surface area contributed by atoms with Gasteiger partial charge in [-0.05, 0) is 25.9 Å². The molecule has 2 rings (SSSR count). The van der Waals surface area contributed by atoms with Gasteiger partial charge in [-0.25, -0.2) is 18.1 Å². The molecule has 0 radical (unpaired) electrons. The molecule has 2 heterocycles. The zero-order valence-electron chi connectivity index (χ0n) is 8.94. The van der Waals surface area contributed by atoms with Crippen molar-refractivity contribution in [3.05, 3.63) is 18.2 Å². The lowest BCUT2D eigenvalue weighted by Gasteiger charge is -2.22. The fraction of sp³-hybridized carbons (Fsp3) is 0.667. The van der Waals surface area contributed by atoms with Crippen LogP contribution in [-0.2, 0) is 16.6 Å². The Bertz CT molecular complexity index is 409. The number of piperidine rings is 1. The molecule has 1 aromatic heterocycles. The third-order valence-corrected chi connectivity index (χ3v) is 4.62. The highest BCUT2D eigenvalue weighted by Gasteiger charge is 2.26. The van der Waals surface area contributed by atoms with Crippen molar-refractivity contribution in [1.82, 2.24) is 20.0 Å². The zero-order valence-corrected chi connectivity index (χ0v) is 9.76. The number of nitrogens with one attached hydrogen (secondary N) is 3. The molecule has 1 aromatic rings. The van der Waals surface area contributed by atoms with Gasteiger partial charge in [-0.1, -0.05) is 0 Å². The van der Waals surface area contributed by atoms with Gasteiger partial charge in [-0.15, -0.1) is 0 Å². The van der Waals surface area contributed by atoms with E-state index in [0.717, 1.165) is 13.1 Å². The van der Waals surface area contributed by atoms with Crippen molar-refractivity contribution < 1.29 is 8.42 Å². The molecule has 0 atom stereocenters. The Kier molecular flexibility index (Phi) is 3.57. The molecule has 0 aromatic carbocycles. The number of sulfonamides is 1. The van der Waals surface area contributed by atoms with Crippen molar-refractivity contribution in [3.63, 3.8) is 0 Å². The summed E-state index contributed by atoms with van der Waals surface area (Å²) in [5, 5.41) is 2.87. The van der Waals surface area contributed by atoms with E-state index in [0.29, 0.717) is 18.7 Å². The maximum Gasteiger partial charge on any atom is 0.214 e. The van der Waals surface area contributed by atoms with Gasteiger partial charge in [0.15, 0.2) is 0 Å². The monoisotopic (exact) mass is 244 g/mol. The van der Waals surface area contributed by atoms with Crippen LogP contribution in [0.3, 0.4) is 0 Å². The summed E-state index contributed by atoms with van der Waals surface area (Å²) in [5.74, 6) is 0.637. The predicted molar refractivity (Wildman–Crippen MR) is 60.2 cm³/mol. The van der Waals surface area contributed by atoms with Crippen LogP contribution in [0.5, 0.6) is 0 Å². The first-order valence-electron chi connectivity index (χ1n) is 5.36. The predicted octanol–water partition coefficient (Wildman–Crippen LogP) is -0.419. The first-order valence-corrected chi connectivity index (χ1v) is 6.90. The minimum absolute atomic E-state index is 0.235. The van der Waals surface area contributed by atoms with Crippen LogP contribution >= 0.6 is 0 Å². The van der Waals surface area contributed by atoms with Gasteiger partial charge >= 0.3 is 0 Å². The molecule has 3 N–H and O–H groups in total. The first-order chi connectivity index (χ1) is 7.68. The Hall–Kier alpha value is -0.920. The Morgan fingerprint density at radius 3 is 2.81 bits per heavy atom.